The summed E-state index contributed by atoms with van der Waals surface area (Å²) in [5.74, 6) is 0. The second-order valence-corrected chi connectivity index (χ2v) is 4.21. The summed E-state index contributed by atoms with van der Waals surface area (Å²) in [6.07, 6.45) is 1.82. The van der Waals surface area contributed by atoms with E-state index in [1.807, 2.05) is 24.0 Å². The van der Waals surface area contributed by atoms with E-state index in [9.17, 15) is 0 Å². The monoisotopic (exact) mass is 250 g/mol. The summed E-state index contributed by atoms with van der Waals surface area (Å²) in [5.41, 5.74) is 3.62. The first kappa shape index (κ1) is 9.46. The molecule has 0 aliphatic heterocycles. The van der Waals surface area contributed by atoms with Gasteiger partial charge in [-0.2, -0.15) is 5.10 Å². The summed E-state index contributed by atoms with van der Waals surface area (Å²) in [7, 11) is 1.95. The summed E-state index contributed by atoms with van der Waals surface area (Å²) in [6, 6.07) is 8.29. The predicted molar refractivity (Wildman–Crippen MR) is 61.1 cm³/mol. The fourth-order valence-electron chi connectivity index (χ4n) is 1.51. The molecule has 1 aromatic carbocycles. The fraction of sp³-hybridized carbons (Fsp3) is 0.182. The van der Waals surface area contributed by atoms with Crippen LogP contribution in [0.4, 0.5) is 0 Å². The van der Waals surface area contributed by atoms with E-state index in [0.717, 1.165) is 10.2 Å². The Balaban J connectivity index is 2.62. The molecule has 0 saturated heterocycles. The van der Waals surface area contributed by atoms with Gasteiger partial charge in [0, 0.05) is 23.3 Å². The van der Waals surface area contributed by atoms with E-state index in [2.05, 4.69) is 46.2 Å². The van der Waals surface area contributed by atoms with E-state index in [-0.39, 0.29) is 0 Å². The largest absolute Gasteiger partial charge is 0.268 e. The first-order chi connectivity index (χ1) is 6.68. The predicted octanol–water partition coefficient (Wildman–Crippen LogP) is 3.16. The van der Waals surface area contributed by atoms with E-state index < -0.39 is 0 Å². The zero-order valence-electron chi connectivity index (χ0n) is 8.16. The summed E-state index contributed by atoms with van der Waals surface area (Å²) in [6.45, 7) is 2.11. The number of rotatable bonds is 1. The van der Waals surface area contributed by atoms with Gasteiger partial charge in [0.2, 0.25) is 0 Å². The SMILES string of the molecule is Cc1ccc(Br)cc1-c1ccnn1C. The van der Waals surface area contributed by atoms with Crippen molar-refractivity contribution < 1.29 is 0 Å². The van der Waals surface area contributed by atoms with Crippen LogP contribution in [0.3, 0.4) is 0 Å². The fourth-order valence-corrected chi connectivity index (χ4v) is 1.87. The quantitative estimate of drug-likeness (QED) is 0.761. The molecule has 0 saturated carbocycles. The number of hydrogen-bond acceptors (Lipinski definition) is 1. The minimum Gasteiger partial charge on any atom is -0.268 e. The molecule has 14 heavy (non-hydrogen) atoms. The van der Waals surface area contributed by atoms with Gasteiger partial charge in [0.25, 0.3) is 0 Å². The van der Waals surface area contributed by atoms with Crippen molar-refractivity contribution in [2.24, 2.45) is 7.05 Å². The molecular formula is C11H11BrN2. The van der Waals surface area contributed by atoms with Crippen molar-refractivity contribution >= 4 is 15.9 Å². The van der Waals surface area contributed by atoms with Crippen molar-refractivity contribution in [3.8, 4) is 11.3 Å². The number of benzene rings is 1. The van der Waals surface area contributed by atoms with E-state index in [1.165, 1.54) is 11.1 Å². The highest BCUT2D eigenvalue weighted by atomic mass is 79.9. The number of nitrogens with zero attached hydrogens (tertiary/aromatic N) is 2. The summed E-state index contributed by atoms with van der Waals surface area (Å²) >= 11 is 3.48. The van der Waals surface area contributed by atoms with Crippen molar-refractivity contribution in [3.63, 3.8) is 0 Å². The Morgan fingerprint density at radius 3 is 2.71 bits per heavy atom. The number of halogens is 1. The topological polar surface area (TPSA) is 17.8 Å². The molecule has 0 unspecified atom stereocenters. The summed E-state index contributed by atoms with van der Waals surface area (Å²) in [5, 5.41) is 4.17. The zero-order valence-corrected chi connectivity index (χ0v) is 9.75. The first-order valence-electron chi connectivity index (χ1n) is 4.43. The Kier molecular flexibility index (Phi) is 2.42. The summed E-state index contributed by atoms with van der Waals surface area (Å²) in [4.78, 5) is 0. The maximum absolute atomic E-state index is 4.17. The highest BCUT2D eigenvalue weighted by Gasteiger charge is 2.05. The molecular weight excluding hydrogens is 240 g/mol. The van der Waals surface area contributed by atoms with Crippen LogP contribution in [-0.4, -0.2) is 9.78 Å². The molecule has 1 heterocycles. The Bertz CT molecular complexity index is 460. The molecule has 3 heteroatoms. The van der Waals surface area contributed by atoms with Crippen molar-refractivity contribution in [1.82, 2.24) is 9.78 Å². The van der Waals surface area contributed by atoms with Crippen LogP contribution < -0.4 is 0 Å². The standard InChI is InChI=1S/C11H11BrN2/c1-8-3-4-9(12)7-10(8)11-5-6-13-14(11)2/h3-7H,1-2H3. The summed E-state index contributed by atoms with van der Waals surface area (Å²) < 4.78 is 2.98. The third-order valence-corrected chi connectivity index (χ3v) is 2.79. The highest BCUT2D eigenvalue weighted by Crippen LogP contribution is 2.25. The van der Waals surface area contributed by atoms with Crippen LogP contribution in [0, 0.1) is 6.92 Å². The molecule has 72 valence electrons. The van der Waals surface area contributed by atoms with E-state index >= 15 is 0 Å². The van der Waals surface area contributed by atoms with Crippen LogP contribution in [0.15, 0.2) is 34.9 Å². The Hall–Kier alpha value is -1.09. The van der Waals surface area contributed by atoms with Gasteiger partial charge in [-0.05, 0) is 30.7 Å². The number of hydrogen-bond donors (Lipinski definition) is 0. The molecule has 0 N–H and O–H groups in total. The Morgan fingerprint density at radius 1 is 1.29 bits per heavy atom. The number of aryl methyl sites for hydroxylation is 2. The molecule has 1 aromatic heterocycles. The Morgan fingerprint density at radius 2 is 2.07 bits per heavy atom. The van der Waals surface area contributed by atoms with Crippen LogP contribution in [0.2, 0.25) is 0 Å². The molecule has 0 spiro atoms. The average Bonchev–Trinajstić information content (AvgIpc) is 2.56. The lowest BCUT2D eigenvalue weighted by Crippen LogP contribution is -1.94. The minimum atomic E-state index is 1.10. The van der Waals surface area contributed by atoms with E-state index in [4.69, 9.17) is 0 Å². The molecule has 0 bridgehead atoms. The van der Waals surface area contributed by atoms with Crippen molar-refractivity contribution in [1.29, 1.82) is 0 Å². The van der Waals surface area contributed by atoms with Gasteiger partial charge >= 0.3 is 0 Å². The molecule has 0 aliphatic carbocycles. The third-order valence-electron chi connectivity index (χ3n) is 2.30. The second-order valence-electron chi connectivity index (χ2n) is 3.30. The molecule has 0 fully saturated rings. The van der Waals surface area contributed by atoms with Crippen LogP contribution >= 0.6 is 15.9 Å². The van der Waals surface area contributed by atoms with Gasteiger partial charge in [-0.1, -0.05) is 22.0 Å². The van der Waals surface area contributed by atoms with Crippen molar-refractivity contribution in [3.05, 3.63) is 40.5 Å². The van der Waals surface area contributed by atoms with Crippen LogP contribution in [0.25, 0.3) is 11.3 Å². The maximum atomic E-state index is 4.17. The van der Waals surface area contributed by atoms with Gasteiger partial charge in [-0.15, -0.1) is 0 Å². The van der Waals surface area contributed by atoms with Gasteiger partial charge in [0.15, 0.2) is 0 Å². The van der Waals surface area contributed by atoms with Crippen LogP contribution in [0.5, 0.6) is 0 Å². The van der Waals surface area contributed by atoms with Crippen LogP contribution in [0.1, 0.15) is 5.56 Å². The highest BCUT2D eigenvalue weighted by molar-refractivity contribution is 9.10. The molecule has 2 nitrogen and oxygen atoms in total. The lowest BCUT2D eigenvalue weighted by molar-refractivity contribution is 0.775. The second kappa shape index (κ2) is 3.58. The molecule has 0 atom stereocenters. The van der Waals surface area contributed by atoms with Gasteiger partial charge in [0.1, 0.15) is 0 Å². The maximum Gasteiger partial charge on any atom is 0.0681 e. The van der Waals surface area contributed by atoms with Gasteiger partial charge < -0.3 is 0 Å². The van der Waals surface area contributed by atoms with Crippen molar-refractivity contribution in [2.45, 2.75) is 6.92 Å². The molecule has 0 amide bonds. The third kappa shape index (κ3) is 1.60. The Labute approximate surface area is 91.7 Å². The van der Waals surface area contributed by atoms with E-state index in [0.29, 0.717) is 0 Å². The van der Waals surface area contributed by atoms with Gasteiger partial charge in [-0.25, -0.2) is 0 Å². The minimum absolute atomic E-state index is 1.10. The lowest BCUT2D eigenvalue weighted by Gasteiger charge is -2.06. The van der Waals surface area contributed by atoms with Gasteiger partial charge in [-0.3, -0.25) is 4.68 Å². The van der Waals surface area contributed by atoms with E-state index in [1.54, 1.807) is 0 Å². The average molecular weight is 251 g/mol. The molecule has 0 radical (unpaired) electrons. The molecule has 2 rings (SSSR count). The number of aromatic nitrogens is 2. The first-order valence-corrected chi connectivity index (χ1v) is 5.22. The smallest absolute Gasteiger partial charge is 0.0681 e. The zero-order chi connectivity index (χ0) is 10.1. The molecule has 0 aliphatic rings. The lowest BCUT2D eigenvalue weighted by atomic mass is 10.1. The molecule has 2 aromatic rings. The van der Waals surface area contributed by atoms with Crippen molar-refractivity contribution in [2.75, 3.05) is 0 Å². The van der Waals surface area contributed by atoms with Crippen LogP contribution in [-0.2, 0) is 7.05 Å². The van der Waals surface area contributed by atoms with Gasteiger partial charge in [0.05, 0.1) is 5.69 Å². The normalized spacial score (nSPS) is 10.5.